The van der Waals surface area contributed by atoms with E-state index in [1.54, 1.807) is 12.1 Å². The van der Waals surface area contributed by atoms with Crippen LogP contribution in [-0.4, -0.2) is 39.2 Å². The lowest BCUT2D eigenvalue weighted by molar-refractivity contribution is -0.159. The summed E-state index contributed by atoms with van der Waals surface area (Å²) in [5.74, 6) is -0.384. The van der Waals surface area contributed by atoms with Gasteiger partial charge >= 0.3 is 5.97 Å². The van der Waals surface area contributed by atoms with Crippen molar-refractivity contribution in [3.8, 4) is 28.4 Å². The Hall–Kier alpha value is -4.54. The van der Waals surface area contributed by atoms with Crippen LogP contribution < -0.4 is 21.2 Å². The Kier molecular flexibility index (Phi) is 8.67. The van der Waals surface area contributed by atoms with Gasteiger partial charge in [-0.2, -0.15) is 0 Å². The molecule has 242 valence electrons. The molecule has 3 atom stereocenters. The fourth-order valence-corrected chi connectivity index (χ4v) is 6.87. The lowest BCUT2D eigenvalue weighted by Crippen LogP contribution is -2.51. The van der Waals surface area contributed by atoms with Gasteiger partial charge in [-0.15, -0.1) is 0 Å². The Morgan fingerprint density at radius 3 is 2.67 bits per heavy atom. The SMILES string of the molecule is CC=C(C(=O)OC1Cc2c(c(-c3cccc(O)c3)c3oc(CO)cc(=O)c3c2O)OC1(C)CCC1=CNC(N)C=C1)C1CCCC1. The van der Waals surface area contributed by atoms with Crippen molar-refractivity contribution in [3.63, 3.8) is 0 Å². The molecule has 3 aliphatic rings. The van der Waals surface area contributed by atoms with E-state index in [9.17, 15) is 24.9 Å². The maximum absolute atomic E-state index is 13.7. The molecule has 0 bridgehead atoms. The second-order valence-electron chi connectivity index (χ2n) is 12.5. The summed E-state index contributed by atoms with van der Waals surface area (Å²) < 4.78 is 19.1. The summed E-state index contributed by atoms with van der Waals surface area (Å²) in [4.78, 5) is 27.1. The van der Waals surface area contributed by atoms with E-state index in [1.165, 1.54) is 12.1 Å². The van der Waals surface area contributed by atoms with E-state index in [0.29, 0.717) is 29.5 Å². The maximum atomic E-state index is 13.7. The van der Waals surface area contributed by atoms with Crippen molar-refractivity contribution in [3.05, 3.63) is 87.5 Å². The molecule has 0 spiro atoms. The number of aliphatic hydroxyl groups is 1. The minimum Gasteiger partial charge on any atom is -0.508 e. The Balaban J connectivity index is 1.50. The summed E-state index contributed by atoms with van der Waals surface area (Å²) in [7, 11) is 0. The van der Waals surface area contributed by atoms with Crippen LogP contribution in [0.4, 0.5) is 0 Å². The van der Waals surface area contributed by atoms with Crippen molar-refractivity contribution >= 4 is 16.9 Å². The third-order valence-electron chi connectivity index (χ3n) is 9.43. The van der Waals surface area contributed by atoms with E-state index < -0.39 is 29.7 Å². The average molecular weight is 629 g/mol. The molecule has 6 rings (SSSR count). The molecular formula is C36H40N2O8. The number of hydrogen-bond acceptors (Lipinski definition) is 10. The van der Waals surface area contributed by atoms with Gasteiger partial charge in [0.25, 0.3) is 0 Å². The predicted molar refractivity (Wildman–Crippen MR) is 173 cm³/mol. The third kappa shape index (κ3) is 5.90. The van der Waals surface area contributed by atoms with Gasteiger partial charge in [-0.05, 0) is 74.8 Å². The molecule has 1 aliphatic carbocycles. The zero-order valence-corrected chi connectivity index (χ0v) is 26.0. The van der Waals surface area contributed by atoms with Gasteiger partial charge in [-0.25, -0.2) is 4.79 Å². The van der Waals surface area contributed by atoms with Crippen LogP contribution in [0.15, 0.2) is 75.1 Å². The van der Waals surface area contributed by atoms with Crippen LogP contribution in [-0.2, 0) is 22.6 Å². The summed E-state index contributed by atoms with van der Waals surface area (Å²) in [5.41, 5.74) is 7.05. The number of carbonyl (C=O) groups is 1. The topological polar surface area (TPSA) is 164 Å². The Morgan fingerprint density at radius 2 is 2.00 bits per heavy atom. The van der Waals surface area contributed by atoms with Gasteiger partial charge in [0.15, 0.2) is 11.0 Å². The summed E-state index contributed by atoms with van der Waals surface area (Å²) >= 11 is 0. The lowest BCUT2D eigenvalue weighted by atomic mass is 9.82. The summed E-state index contributed by atoms with van der Waals surface area (Å²) in [5, 5.41) is 34.9. The Labute approximate surface area is 266 Å². The van der Waals surface area contributed by atoms with Crippen molar-refractivity contribution in [2.75, 3.05) is 0 Å². The highest BCUT2D eigenvalue weighted by molar-refractivity contribution is 6.01. The molecule has 46 heavy (non-hydrogen) atoms. The number of fused-ring (bicyclic) bond motifs is 2. The molecule has 1 fully saturated rings. The molecule has 0 radical (unpaired) electrons. The zero-order chi connectivity index (χ0) is 32.6. The Bertz CT molecular complexity index is 1820. The highest BCUT2D eigenvalue weighted by Crippen LogP contribution is 2.51. The number of dihydropyridines is 1. The fourth-order valence-electron chi connectivity index (χ4n) is 6.87. The number of benzene rings is 2. The number of aliphatic hydroxyl groups excluding tert-OH is 1. The number of ether oxygens (including phenoxy) is 2. The first-order chi connectivity index (χ1) is 22.1. The monoisotopic (exact) mass is 628 g/mol. The number of nitrogens with one attached hydrogen (secondary N) is 1. The first kappa shape index (κ1) is 31.4. The molecular weight excluding hydrogens is 588 g/mol. The van der Waals surface area contributed by atoms with Crippen LogP contribution in [0.2, 0.25) is 0 Å². The van der Waals surface area contributed by atoms with Crippen molar-refractivity contribution in [2.24, 2.45) is 11.7 Å². The first-order valence-electron chi connectivity index (χ1n) is 15.8. The number of aromatic hydroxyl groups is 2. The molecule has 6 N–H and O–H groups in total. The van der Waals surface area contributed by atoms with Crippen molar-refractivity contribution < 1.29 is 34.0 Å². The van der Waals surface area contributed by atoms with Crippen LogP contribution in [0.1, 0.15) is 63.7 Å². The molecule has 3 unspecified atom stereocenters. The summed E-state index contributed by atoms with van der Waals surface area (Å²) in [6, 6.07) is 7.55. The van der Waals surface area contributed by atoms with E-state index in [1.807, 2.05) is 38.3 Å². The van der Waals surface area contributed by atoms with Gasteiger partial charge in [0.2, 0.25) is 0 Å². The van der Waals surface area contributed by atoms with Crippen LogP contribution in [0.25, 0.3) is 22.1 Å². The van der Waals surface area contributed by atoms with Gasteiger partial charge in [0, 0.05) is 29.8 Å². The number of phenols is 2. The van der Waals surface area contributed by atoms with Gasteiger partial charge < -0.3 is 40.3 Å². The average Bonchev–Trinajstić information content (AvgIpc) is 3.56. The fraction of sp³-hybridized carbons (Fsp3) is 0.389. The number of phenolic OH excluding ortho intramolecular Hbond substituents is 2. The quantitative estimate of drug-likeness (QED) is 0.165. The molecule has 3 aromatic rings. The highest BCUT2D eigenvalue weighted by atomic mass is 16.6. The number of esters is 1. The van der Waals surface area contributed by atoms with Crippen LogP contribution in [0.5, 0.6) is 17.2 Å². The standard InChI is InChI=1S/C36H40N2O8/c1-3-25(21-7-4-5-8-21)35(43)45-28-17-26-32(42)31-27(41)16-24(19-39)44-34(31)30(22-9-6-10-23(40)15-22)33(26)46-36(28,2)14-13-20-11-12-29(37)38-18-20/h3,6,9-12,15-16,18,21,28-29,38-40,42H,4-5,7-8,13-14,17,19,37H2,1-2H3. The molecule has 0 amide bonds. The van der Waals surface area contributed by atoms with Gasteiger partial charge in [-0.3, -0.25) is 4.79 Å². The number of rotatable bonds is 8. The smallest absolute Gasteiger partial charge is 0.334 e. The Morgan fingerprint density at radius 1 is 1.22 bits per heavy atom. The molecule has 2 aromatic carbocycles. The van der Waals surface area contributed by atoms with E-state index in [4.69, 9.17) is 19.6 Å². The number of allylic oxidation sites excluding steroid dienone is 3. The second kappa shape index (κ2) is 12.7. The third-order valence-corrected chi connectivity index (χ3v) is 9.43. The molecule has 1 saturated carbocycles. The van der Waals surface area contributed by atoms with E-state index in [0.717, 1.165) is 37.3 Å². The zero-order valence-electron chi connectivity index (χ0n) is 26.0. The van der Waals surface area contributed by atoms with Gasteiger partial charge in [0.1, 0.15) is 46.7 Å². The molecule has 2 aliphatic heterocycles. The normalized spacial score (nSPS) is 23.0. The van der Waals surface area contributed by atoms with Crippen molar-refractivity contribution in [1.29, 1.82) is 0 Å². The molecule has 1 aromatic heterocycles. The highest BCUT2D eigenvalue weighted by Gasteiger charge is 2.47. The number of nitrogens with two attached hydrogens (primary N) is 1. The maximum Gasteiger partial charge on any atom is 0.334 e. The van der Waals surface area contributed by atoms with Crippen LogP contribution >= 0.6 is 0 Å². The molecule has 0 saturated heterocycles. The summed E-state index contributed by atoms with van der Waals surface area (Å²) in [6.45, 7) is 3.19. The first-order valence-corrected chi connectivity index (χ1v) is 15.8. The molecule has 10 heteroatoms. The lowest BCUT2D eigenvalue weighted by Gasteiger charge is -2.43. The minimum atomic E-state index is -1.09. The van der Waals surface area contributed by atoms with Crippen molar-refractivity contribution in [2.45, 2.75) is 83.3 Å². The minimum absolute atomic E-state index is 0.0103. The summed E-state index contributed by atoms with van der Waals surface area (Å²) in [6.07, 6.45) is 11.4. The van der Waals surface area contributed by atoms with E-state index in [2.05, 4.69) is 5.32 Å². The van der Waals surface area contributed by atoms with Gasteiger partial charge in [-0.1, -0.05) is 37.1 Å². The second-order valence-corrected chi connectivity index (χ2v) is 12.5. The van der Waals surface area contributed by atoms with Gasteiger partial charge in [0.05, 0.1) is 11.7 Å². The van der Waals surface area contributed by atoms with Crippen LogP contribution in [0.3, 0.4) is 0 Å². The van der Waals surface area contributed by atoms with E-state index in [-0.39, 0.29) is 58.0 Å². The number of hydrogen-bond donors (Lipinski definition) is 5. The predicted octanol–water partition coefficient (Wildman–Crippen LogP) is 5.21. The van der Waals surface area contributed by atoms with Crippen molar-refractivity contribution in [1.82, 2.24) is 5.32 Å². The van der Waals surface area contributed by atoms with Crippen LogP contribution in [0, 0.1) is 5.92 Å². The number of carbonyl (C=O) groups excluding carboxylic acids is 1. The molecule has 10 nitrogen and oxygen atoms in total. The molecule has 3 heterocycles. The van der Waals surface area contributed by atoms with E-state index >= 15 is 0 Å². The largest absolute Gasteiger partial charge is 0.508 e.